The predicted molar refractivity (Wildman–Crippen MR) is 78.1 cm³/mol. The zero-order chi connectivity index (χ0) is 14.6. The van der Waals surface area contributed by atoms with E-state index in [1.54, 1.807) is 25.3 Å². The SMILES string of the molecule is CCNS(=O)(=O)CCNC(=O)c1cccc2cc[nH]c12. The highest BCUT2D eigenvalue weighted by molar-refractivity contribution is 7.89. The summed E-state index contributed by atoms with van der Waals surface area (Å²) >= 11 is 0. The molecule has 1 amide bonds. The van der Waals surface area contributed by atoms with Crippen molar-refractivity contribution in [2.45, 2.75) is 6.92 Å². The second-order valence-corrected chi connectivity index (χ2v) is 6.25. The van der Waals surface area contributed by atoms with E-state index in [-0.39, 0.29) is 18.2 Å². The Labute approximate surface area is 117 Å². The van der Waals surface area contributed by atoms with E-state index in [4.69, 9.17) is 0 Å². The van der Waals surface area contributed by atoms with E-state index >= 15 is 0 Å². The third-order valence-electron chi connectivity index (χ3n) is 2.85. The minimum Gasteiger partial charge on any atom is -0.361 e. The molecule has 0 atom stereocenters. The summed E-state index contributed by atoms with van der Waals surface area (Å²) in [5.74, 6) is -0.419. The van der Waals surface area contributed by atoms with E-state index in [0.717, 1.165) is 10.9 Å². The van der Waals surface area contributed by atoms with Gasteiger partial charge >= 0.3 is 0 Å². The Morgan fingerprint density at radius 3 is 2.85 bits per heavy atom. The Hall–Kier alpha value is -1.86. The molecule has 0 saturated heterocycles. The number of nitrogens with one attached hydrogen (secondary N) is 3. The number of aromatic nitrogens is 1. The van der Waals surface area contributed by atoms with Gasteiger partial charge in [0.15, 0.2) is 0 Å². The van der Waals surface area contributed by atoms with Crippen molar-refractivity contribution >= 4 is 26.8 Å². The predicted octanol–water partition coefficient (Wildman–Crippen LogP) is 0.837. The van der Waals surface area contributed by atoms with Crippen molar-refractivity contribution in [2.75, 3.05) is 18.8 Å². The van der Waals surface area contributed by atoms with Crippen molar-refractivity contribution < 1.29 is 13.2 Å². The first kappa shape index (κ1) is 14.5. The lowest BCUT2D eigenvalue weighted by molar-refractivity contribution is 0.0957. The van der Waals surface area contributed by atoms with Crippen LogP contribution >= 0.6 is 0 Å². The number of carbonyl (C=O) groups is 1. The van der Waals surface area contributed by atoms with Gasteiger partial charge in [0.25, 0.3) is 5.91 Å². The molecule has 2 rings (SSSR count). The molecule has 0 unspecified atom stereocenters. The van der Waals surface area contributed by atoms with Gasteiger partial charge in [-0.15, -0.1) is 0 Å². The molecule has 0 bridgehead atoms. The van der Waals surface area contributed by atoms with Crippen LogP contribution in [0.5, 0.6) is 0 Å². The van der Waals surface area contributed by atoms with E-state index < -0.39 is 10.0 Å². The minimum atomic E-state index is -3.31. The molecule has 7 heteroatoms. The maximum Gasteiger partial charge on any atom is 0.253 e. The Kier molecular flexibility index (Phi) is 4.41. The summed E-state index contributed by atoms with van der Waals surface area (Å²) in [6.07, 6.45) is 1.76. The van der Waals surface area contributed by atoms with Gasteiger partial charge in [-0.3, -0.25) is 4.79 Å². The lowest BCUT2D eigenvalue weighted by Gasteiger charge is -2.07. The number of aromatic amines is 1. The Bertz CT molecular complexity index is 706. The first-order valence-electron chi connectivity index (χ1n) is 6.35. The number of rotatable bonds is 6. The van der Waals surface area contributed by atoms with Crippen LogP contribution < -0.4 is 10.0 Å². The molecule has 0 fully saturated rings. The maximum atomic E-state index is 12.1. The smallest absolute Gasteiger partial charge is 0.253 e. The van der Waals surface area contributed by atoms with Crippen LogP contribution in [0.25, 0.3) is 10.9 Å². The molecule has 0 aliphatic rings. The molecular weight excluding hydrogens is 278 g/mol. The summed E-state index contributed by atoms with van der Waals surface area (Å²) in [5, 5.41) is 3.56. The molecule has 20 heavy (non-hydrogen) atoms. The molecule has 1 heterocycles. The van der Waals surface area contributed by atoms with Crippen LogP contribution in [-0.2, 0) is 10.0 Å². The van der Waals surface area contributed by atoms with E-state index in [9.17, 15) is 13.2 Å². The lowest BCUT2D eigenvalue weighted by atomic mass is 10.1. The molecule has 2 aromatic rings. The zero-order valence-corrected chi connectivity index (χ0v) is 12.0. The minimum absolute atomic E-state index is 0.0747. The average Bonchev–Trinajstić information content (AvgIpc) is 2.86. The number of carbonyl (C=O) groups excluding carboxylic acids is 1. The molecule has 0 radical (unpaired) electrons. The zero-order valence-electron chi connectivity index (χ0n) is 11.1. The first-order chi connectivity index (χ1) is 9.53. The van der Waals surface area contributed by atoms with Crippen molar-refractivity contribution in [3.8, 4) is 0 Å². The van der Waals surface area contributed by atoms with Crippen LogP contribution in [0.1, 0.15) is 17.3 Å². The highest BCUT2D eigenvalue weighted by atomic mass is 32.2. The molecule has 1 aromatic heterocycles. The number of hydrogen-bond acceptors (Lipinski definition) is 3. The Morgan fingerprint density at radius 1 is 1.30 bits per heavy atom. The number of H-pyrrole nitrogens is 1. The van der Waals surface area contributed by atoms with Crippen LogP contribution in [-0.4, -0.2) is 38.2 Å². The molecule has 0 aliphatic carbocycles. The van der Waals surface area contributed by atoms with Gasteiger partial charge in [-0.05, 0) is 12.1 Å². The highest BCUT2D eigenvalue weighted by Gasteiger charge is 2.12. The molecule has 3 N–H and O–H groups in total. The van der Waals surface area contributed by atoms with Gasteiger partial charge in [0.1, 0.15) is 0 Å². The monoisotopic (exact) mass is 295 g/mol. The van der Waals surface area contributed by atoms with Crippen LogP contribution in [0, 0.1) is 0 Å². The van der Waals surface area contributed by atoms with Crippen molar-refractivity contribution in [1.82, 2.24) is 15.0 Å². The standard InChI is InChI=1S/C13H17N3O3S/c1-2-16-20(18,19)9-8-15-13(17)11-5-3-4-10-6-7-14-12(10)11/h3-7,14,16H,2,8-9H2,1H3,(H,15,17). The molecular formula is C13H17N3O3S. The number of amides is 1. The molecule has 0 aliphatic heterocycles. The fourth-order valence-electron chi connectivity index (χ4n) is 1.96. The summed E-state index contributed by atoms with van der Waals surface area (Å²) in [5.41, 5.74) is 1.26. The lowest BCUT2D eigenvalue weighted by Crippen LogP contribution is -2.34. The summed E-state index contributed by atoms with van der Waals surface area (Å²) in [6, 6.07) is 7.27. The van der Waals surface area contributed by atoms with Gasteiger partial charge in [-0.2, -0.15) is 0 Å². The molecule has 108 valence electrons. The summed E-state index contributed by atoms with van der Waals surface area (Å²) < 4.78 is 25.3. The quantitative estimate of drug-likeness (QED) is 0.737. The Balaban J connectivity index is 2.01. The van der Waals surface area contributed by atoms with E-state index in [2.05, 4.69) is 15.0 Å². The summed E-state index contributed by atoms with van der Waals surface area (Å²) in [4.78, 5) is 15.1. The van der Waals surface area contributed by atoms with Crippen molar-refractivity contribution in [3.63, 3.8) is 0 Å². The van der Waals surface area contributed by atoms with Crippen molar-refractivity contribution in [2.24, 2.45) is 0 Å². The fraction of sp³-hybridized carbons (Fsp3) is 0.308. The number of fused-ring (bicyclic) bond motifs is 1. The van der Waals surface area contributed by atoms with Crippen LogP contribution in [0.2, 0.25) is 0 Å². The van der Waals surface area contributed by atoms with Gasteiger partial charge in [-0.1, -0.05) is 19.1 Å². The highest BCUT2D eigenvalue weighted by Crippen LogP contribution is 2.16. The van der Waals surface area contributed by atoms with Crippen LogP contribution in [0.4, 0.5) is 0 Å². The van der Waals surface area contributed by atoms with Gasteiger partial charge < -0.3 is 10.3 Å². The van der Waals surface area contributed by atoms with Gasteiger partial charge in [0.2, 0.25) is 10.0 Å². The number of sulfonamides is 1. The van der Waals surface area contributed by atoms with Crippen molar-refractivity contribution in [3.05, 3.63) is 36.0 Å². The normalized spacial score (nSPS) is 11.7. The molecule has 6 nitrogen and oxygen atoms in total. The summed E-state index contributed by atoms with van der Waals surface area (Å²) in [7, 11) is -3.31. The average molecular weight is 295 g/mol. The van der Waals surface area contributed by atoms with Gasteiger partial charge in [0.05, 0.1) is 16.8 Å². The second kappa shape index (κ2) is 6.06. The topological polar surface area (TPSA) is 91.1 Å². The van der Waals surface area contributed by atoms with Crippen molar-refractivity contribution in [1.29, 1.82) is 0 Å². The maximum absolute atomic E-state index is 12.1. The first-order valence-corrected chi connectivity index (χ1v) is 8.00. The fourth-order valence-corrected chi connectivity index (χ4v) is 2.92. The molecule has 1 aromatic carbocycles. The number of para-hydroxylation sites is 1. The third kappa shape index (κ3) is 3.37. The molecule has 0 saturated carbocycles. The number of benzene rings is 1. The van der Waals surface area contributed by atoms with E-state index in [0.29, 0.717) is 12.1 Å². The second-order valence-electron chi connectivity index (χ2n) is 4.32. The van der Waals surface area contributed by atoms with Crippen LogP contribution in [0.3, 0.4) is 0 Å². The van der Waals surface area contributed by atoms with Gasteiger partial charge in [0, 0.05) is 24.7 Å². The van der Waals surface area contributed by atoms with E-state index in [1.807, 2.05) is 12.1 Å². The summed E-state index contributed by atoms with van der Waals surface area (Å²) in [6.45, 7) is 2.13. The Morgan fingerprint density at radius 2 is 2.10 bits per heavy atom. The van der Waals surface area contributed by atoms with Crippen LogP contribution in [0.15, 0.2) is 30.5 Å². The molecule has 0 spiro atoms. The van der Waals surface area contributed by atoms with E-state index in [1.165, 1.54) is 0 Å². The third-order valence-corrected chi connectivity index (χ3v) is 4.32. The van der Waals surface area contributed by atoms with Gasteiger partial charge in [-0.25, -0.2) is 13.1 Å². The number of hydrogen-bond donors (Lipinski definition) is 3. The largest absolute Gasteiger partial charge is 0.361 e.